The van der Waals surface area contributed by atoms with Gasteiger partial charge in [-0.1, -0.05) is 0 Å². The van der Waals surface area contributed by atoms with E-state index >= 15 is 0 Å². The predicted octanol–water partition coefficient (Wildman–Crippen LogP) is 2.58. The van der Waals surface area contributed by atoms with E-state index in [2.05, 4.69) is 4.98 Å². The molecule has 0 amide bonds. The normalized spacial score (nSPS) is 14.1. The van der Waals surface area contributed by atoms with Crippen LogP contribution in [-0.2, 0) is 6.18 Å². The number of nitrogens with one attached hydrogen (secondary N) is 1. The standard InChI is InChI=1S/C12H8F3NO3/c1-5-10(17)6-2-8-9(19-4-18-8)3-7(6)16-11(5)12(13,14)15/h2-3H,4H2,1H3,(H,16,17). The number of aromatic amines is 1. The zero-order valence-electron chi connectivity index (χ0n) is 9.72. The third-order valence-corrected chi connectivity index (χ3v) is 3.02. The van der Waals surface area contributed by atoms with Gasteiger partial charge in [0.2, 0.25) is 6.79 Å². The molecule has 0 aliphatic carbocycles. The number of pyridine rings is 1. The van der Waals surface area contributed by atoms with Crippen LogP contribution in [-0.4, -0.2) is 11.8 Å². The van der Waals surface area contributed by atoms with Gasteiger partial charge in [0.1, 0.15) is 5.69 Å². The summed E-state index contributed by atoms with van der Waals surface area (Å²) in [5, 5.41) is 0.148. The summed E-state index contributed by atoms with van der Waals surface area (Å²) in [5.74, 6) is 0.678. The quantitative estimate of drug-likeness (QED) is 0.801. The Labute approximate surface area is 104 Å². The van der Waals surface area contributed by atoms with Gasteiger partial charge in [-0.2, -0.15) is 13.2 Å². The van der Waals surface area contributed by atoms with Gasteiger partial charge in [0.05, 0.1) is 5.52 Å². The first-order valence-electron chi connectivity index (χ1n) is 5.41. The number of ether oxygens (including phenoxy) is 2. The summed E-state index contributed by atoms with van der Waals surface area (Å²) in [7, 11) is 0. The predicted molar refractivity (Wildman–Crippen MR) is 60.4 cm³/mol. The second-order valence-corrected chi connectivity index (χ2v) is 4.20. The fourth-order valence-corrected chi connectivity index (χ4v) is 2.06. The molecule has 100 valence electrons. The van der Waals surface area contributed by atoms with E-state index in [1.807, 2.05) is 0 Å². The van der Waals surface area contributed by atoms with Crippen molar-refractivity contribution in [3.63, 3.8) is 0 Å². The summed E-state index contributed by atoms with van der Waals surface area (Å²) >= 11 is 0. The summed E-state index contributed by atoms with van der Waals surface area (Å²) in [6, 6.07) is 2.73. The lowest BCUT2D eigenvalue weighted by Gasteiger charge is -2.11. The third kappa shape index (κ3) is 1.73. The summed E-state index contributed by atoms with van der Waals surface area (Å²) < 4.78 is 48.6. The van der Waals surface area contributed by atoms with Gasteiger partial charge in [-0.25, -0.2) is 0 Å². The second-order valence-electron chi connectivity index (χ2n) is 4.20. The number of hydrogen-bond donors (Lipinski definition) is 1. The Morgan fingerprint density at radius 1 is 1.21 bits per heavy atom. The molecule has 1 aromatic carbocycles. The number of aromatic nitrogens is 1. The molecule has 1 aliphatic heterocycles. The first-order chi connectivity index (χ1) is 8.88. The third-order valence-electron chi connectivity index (χ3n) is 3.02. The molecule has 0 radical (unpaired) electrons. The zero-order chi connectivity index (χ0) is 13.8. The smallest absolute Gasteiger partial charge is 0.431 e. The van der Waals surface area contributed by atoms with Crippen molar-refractivity contribution < 1.29 is 22.6 Å². The van der Waals surface area contributed by atoms with E-state index in [9.17, 15) is 18.0 Å². The molecule has 4 nitrogen and oxygen atoms in total. The molecule has 0 atom stereocenters. The van der Waals surface area contributed by atoms with Gasteiger partial charge in [0.25, 0.3) is 0 Å². The SMILES string of the molecule is Cc1c(C(F)(F)F)[nH]c2cc3c(cc2c1=O)OCO3. The van der Waals surface area contributed by atoms with Crippen molar-refractivity contribution in [2.24, 2.45) is 0 Å². The van der Waals surface area contributed by atoms with Crippen LogP contribution in [0.3, 0.4) is 0 Å². The second kappa shape index (κ2) is 3.66. The van der Waals surface area contributed by atoms with E-state index in [-0.39, 0.29) is 23.3 Å². The van der Waals surface area contributed by atoms with Crippen molar-refractivity contribution in [1.82, 2.24) is 4.98 Å². The number of H-pyrrole nitrogens is 1. The minimum Gasteiger partial charge on any atom is -0.454 e. The lowest BCUT2D eigenvalue weighted by Crippen LogP contribution is -2.18. The summed E-state index contributed by atoms with van der Waals surface area (Å²) in [6.45, 7) is 1.14. The molecule has 2 aromatic rings. The number of alkyl halides is 3. The molecule has 3 rings (SSSR count). The van der Waals surface area contributed by atoms with Crippen molar-refractivity contribution >= 4 is 10.9 Å². The van der Waals surface area contributed by atoms with Gasteiger partial charge in [-0.05, 0) is 13.0 Å². The fraction of sp³-hybridized carbons (Fsp3) is 0.250. The van der Waals surface area contributed by atoms with Crippen LogP contribution < -0.4 is 14.9 Å². The average Bonchev–Trinajstić information content (AvgIpc) is 2.77. The molecule has 1 aliphatic rings. The topological polar surface area (TPSA) is 51.3 Å². The van der Waals surface area contributed by atoms with Gasteiger partial charge in [-0.3, -0.25) is 4.79 Å². The van der Waals surface area contributed by atoms with Gasteiger partial charge in [-0.15, -0.1) is 0 Å². The Hall–Kier alpha value is -2.18. The maximum Gasteiger partial charge on any atom is 0.431 e. The Bertz CT molecular complexity index is 734. The van der Waals surface area contributed by atoms with Crippen LogP contribution in [0.4, 0.5) is 13.2 Å². The van der Waals surface area contributed by atoms with Crippen molar-refractivity contribution in [3.05, 3.63) is 33.6 Å². The highest BCUT2D eigenvalue weighted by molar-refractivity contribution is 5.83. The van der Waals surface area contributed by atoms with Crippen molar-refractivity contribution in [2.75, 3.05) is 6.79 Å². The fourth-order valence-electron chi connectivity index (χ4n) is 2.06. The van der Waals surface area contributed by atoms with Crippen LogP contribution in [0.15, 0.2) is 16.9 Å². The average molecular weight is 271 g/mol. The number of hydrogen-bond acceptors (Lipinski definition) is 3. The maximum absolute atomic E-state index is 12.8. The van der Waals surface area contributed by atoms with Crippen LogP contribution in [0, 0.1) is 6.92 Å². The van der Waals surface area contributed by atoms with Crippen LogP contribution in [0.2, 0.25) is 0 Å². The Morgan fingerprint density at radius 2 is 1.84 bits per heavy atom. The molecule has 0 spiro atoms. The molecule has 0 fully saturated rings. The van der Waals surface area contributed by atoms with Crippen molar-refractivity contribution in [2.45, 2.75) is 13.1 Å². The monoisotopic (exact) mass is 271 g/mol. The molecule has 1 aromatic heterocycles. The molecule has 2 heterocycles. The lowest BCUT2D eigenvalue weighted by atomic mass is 10.1. The van der Waals surface area contributed by atoms with E-state index in [1.165, 1.54) is 12.1 Å². The van der Waals surface area contributed by atoms with Crippen LogP contribution in [0.25, 0.3) is 10.9 Å². The van der Waals surface area contributed by atoms with E-state index in [4.69, 9.17) is 9.47 Å². The zero-order valence-corrected chi connectivity index (χ0v) is 9.72. The van der Waals surface area contributed by atoms with E-state index in [0.29, 0.717) is 11.5 Å². The molecule has 7 heteroatoms. The first kappa shape index (κ1) is 11.9. The van der Waals surface area contributed by atoms with Gasteiger partial charge >= 0.3 is 6.18 Å². The molecule has 1 N–H and O–H groups in total. The van der Waals surface area contributed by atoms with Crippen molar-refractivity contribution in [1.29, 1.82) is 0 Å². The maximum atomic E-state index is 12.8. The van der Waals surface area contributed by atoms with Gasteiger partial charge in [0.15, 0.2) is 16.9 Å². The lowest BCUT2D eigenvalue weighted by molar-refractivity contribution is -0.141. The minimum absolute atomic E-state index is 0.00897. The molecule has 0 saturated carbocycles. The first-order valence-corrected chi connectivity index (χ1v) is 5.41. The van der Waals surface area contributed by atoms with Crippen LogP contribution in [0.5, 0.6) is 11.5 Å². The van der Waals surface area contributed by atoms with Crippen LogP contribution in [0.1, 0.15) is 11.3 Å². The molecule has 0 saturated heterocycles. The Kier molecular flexibility index (Phi) is 2.29. The summed E-state index contributed by atoms with van der Waals surface area (Å²) in [4.78, 5) is 14.2. The Morgan fingerprint density at radius 3 is 2.47 bits per heavy atom. The number of fused-ring (bicyclic) bond motifs is 2. The van der Waals surface area contributed by atoms with E-state index in [1.54, 1.807) is 0 Å². The number of rotatable bonds is 0. The van der Waals surface area contributed by atoms with E-state index in [0.717, 1.165) is 6.92 Å². The molecule has 0 bridgehead atoms. The summed E-state index contributed by atoms with van der Waals surface area (Å²) in [5.41, 5.74) is -1.99. The van der Waals surface area contributed by atoms with Crippen molar-refractivity contribution in [3.8, 4) is 11.5 Å². The molecular formula is C12H8F3NO3. The van der Waals surface area contributed by atoms with Gasteiger partial charge in [0, 0.05) is 17.0 Å². The Balaban J connectivity index is 2.38. The minimum atomic E-state index is -4.60. The van der Waals surface area contributed by atoms with Crippen LogP contribution >= 0.6 is 0 Å². The molecular weight excluding hydrogens is 263 g/mol. The molecule has 0 unspecified atom stereocenters. The number of benzene rings is 1. The summed E-state index contributed by atoms with van der Waals surface area (Å²) in [6.07, 6.45) is -4.60. The van der Waals surface area contributed by atoms with Gasteiger partial charge < -0.3 is 14.5 Å². The highest BCUT2D eigenvalue weighted by atomic mass is 19.4. The molecule has 19 heavy (non-hydrogen) atoms. The highest BCUT2D eigenvalue weighted by Gasteiger charge is 2.35. The number of halogens is 3. The van der Waals surface area contributed by atoms with E-state index < -0.39 is 17.3 Å². The largest absolute Gasteiger partial charge is 0.454 e. The highest BCUT2D eigenvalue weighted by Crippen LogP contribution is 2.36.